The number of anilines is 1. The van der Waals surface area contributed by atoms with Crippen LogP contribution in [0.2, 0.25) is 0 Å². The smallest absolute Gasteiger partial charge is 0.264 e. The number of fused-ring (bicyclic) bond motifs is 1. The van der Waals surface area contributed by atoms with Crippen LogP contribution < -0.4 is 4.31 Å². The van der Waals surface area contributed by atoms with Gasteiger partial charge in [-0.1, -0.05) is 0 Å². The molecule has 0 aliphatic carbocycles. The third-order valence-electron chi connectivity index (χ3n) is 5.15. The van der Waals surface area contributed by atoms with Gasteiger partial charge in [-0.3, -0.25) is 9.10 Å². The number of hydrogen-bond acceptors (Lipinski definition) is 4. The minimum Gasteiger partial charge on any atom is -0.378 e. The summed E-state index contributed by atoms with van der Waals surface area (Å²) in [6.45, 7) is 3.98. The number of nitrogens with zero attached hydrogens (tertiary/aromatic N) is 2. The monoisotopic (exact) mass is 404 g/mol. The van der Waals surface area contributed by atoms with E-state index in [1.807, 2.05) is 6.92 Å². The molecule has 1 atom stereocenters. The van der Waals surface area contributed by atoms with Crippen LogP contribution in [0.4, 0.5) is 10.1 Å². The van der Waals surface area contributed by atoms with Crippen molar-refractivity contribution in [2.45, 2.75) is 24.3 Å². The zero-order valence-electron chi connectivity index (χ0n) is 15.5. The fraction of sp³-hybridized carbons (Fsp3) is 0.350. The lowest BCUT2D eigenvalue weighted by Gasteiger charge is -2.27. The highest BCUT2D eigenvalue weighted by molar-refractivity contribution is 7.92. The van der Waals surface area contributed by atoms with Crippen LogP contribution in [0, 0.1) is 5.82 Å². The first-order chi connectivity index (χ1) is 13.4. The predicted molar refractivity (Wildman–Crippen MR) is 102 cm³/mol. The topological polar surface area (TPSA) is 66.9 Å². The second-order valence-corrected chi connectivity index (χ2v) is 8.87. The molecule has 1 saturated heterocycles. The molecule has 2 aromatic rings. The Hall–Kier alpha value is -2.45. The molecule has 0 spiro atoms. The quantitative estimate of drug-likeness (QED) is 0.788. The van der Waals surface area contributed by atoms with E-state index in [-0.39, 0.29) is 16.8 Å². The number of hydrogen-bond donors (Lipinski definition) is 0. The van der Waals surface area contributed by atoms with Gasteiger partial charge in [0.05, 0.1) is 23.8 Å². The number of rotatable bonds is 3. The van der Waals surface area contributed by atoms with E-state index in [9.17, 15) is 17.6 Å². The Morgan fingerprint density at radius 2 is 1.79 bits per heavy atom. The number of morpholine rings is 1. The molecule has 1 amide bonds. The van der Waals surface area contributed by atoms with Crippen molar-refractivity contribution in [3.8, 4) is 0 Å². The molecule has 0 bridgehead atoms. The van der Waals surface area contributed by atoms with E-state index in [1.54, 1.807) is 23.1 Å². The van der Waals surface area contributed by atoms with Crippen LogP contribution in [0.25, 0.3) is 0 Å². The molecular formula is C20H21FN2O4S. The third kappa shape index (κ3) is 3.27. The molecule has 1 fully saturated rings. The Morgan fingerprint density at radius 3 is 2.46 bits per heavy atom. The van der Waals surface area contributed by atoms with Crippen molar-refractivity contribution in [3.63, 3.8) is 0 Å². The number of amides is 1. The Balaban J connectivity index is 1.66. The second-order valence-electron chi connectivity index (χ2n) is 7.06. The van der Waals surface area contributed by atoms with Crippen LogP contribution >= 0.6 is 0 Å². The van der Waals surface area contributed by atoms with Gasteiger partial charge in [-0.15, -0.1) is 0 Å². The number of benzene rings is 2. The minimum absolute atomic E-state index is 0.0436. The Kier molecular flexibility index (Phi) is 4.84. The molecule has 0 N–H and O–H groups in total. The molecule has 0 saturated carbocycles. The van der Waals surface area contributed by atoms with Crippen LogP contribution in [0.1, 0.15) is 22.8 Å². The van der Waals surface area contributed by atoms with Gasteiger partial charge in [0.1, 0.15) is 5.82 Å². The summed E-state index contributed by atoms with van der Waals surface area (Å²) in [6.07, 6.45) is 0.514. The first kappa shape index (κ1) is 18.9. The summed E-state index contributed by atoms with van der Waals surface area (Å²) >= 11 is 0. The summed E-state index contributed by atoms with van der Waals surface area (Å²) in [5, 5.41) is 0. The van der Waals surface area contributed by atoms with Crippen molar-refractivity contribution in [2.24, 2.45) is 0 Å². The van der Waals surface area contributed by atoms with Crippen LogP contribution in [0.5, 0.6) is 0 Å². The summed E-state index contributed by atoms with van der Waals surface area (Å²) in [5.74, 6) is -0.557. The van der Waals surface area contributed by atoms with E-state index in [1.165, 1.54) is 16.4 Å². The summed E-state index contributed by atoms with van der Waals surface area (Å²) in [7, 11) is -3.82. The lowest BCUT2D eigenvalue weighted by atomic mass is 10.1. The van der Waals surface area contributed by atoms with Gasteiger partial charge in [0.15, 0.2) is 0 Å². The number of ether oxygens (including phenoxy) is 1. The molecule has 148 valence electrons. The number of halogens is 1. The molecule has 6 nitrogen and oxygen atoms in total. The molecule has 2 heterocycles. The maximum atomic E-state index is 13.2. The van der Waals surface area contributed by atoms with Gasteiger partial charge in [0.2, 0.25) is 0 Å². The lowest BCUT2D eigenvalue weighted by molar-refractivity contribution is 0.0303. The first-order valence-corrected chi connectivity index (χ1v) is 10.6. The summed E-state index contributed by atoms with van der Waals surface area (Å²) < 4.78 is 46.0. The van der Waals surface area contributed by atoms with Gasteiger partial charge in [0.25, 0.3) is 15.9 Å². The lowest BCUT2D eigenvalue weighted by Crippen LogP contribution is -2.40. The standard InChI is InChI=1S/C20H21FN2O4S/c1-14-12-16-13-15(20(24)22-8-10-27-11-9-22)2-7-19(16)23(14)28(25,26)18-5-3-17(21)4-6-18/h2-7,13-14H,8-12H2,1H3/t14-/m0/s1. The summed E-state index contributed by atoms with van der Waals surface area (Å²) in [4.78, 5) is 14.5. The maximum Gasteiger partial charge on any atom is 0.264 e. The normalized spacial score (nSPS) is 19.6. The van der Waals surface area contributed by atoms with Gasteiger partial charge < -0.3 is 9.64 Å². The third-order valence-corrected chi connectivity index (χ3v) is 7.09. The summed E-state index contributed by atoms with van der Waals surface area (Å²) in [6, 6.07) is 9.66. The molecule has 28 heavy (non-hydrogen) atoms. The highest BCUT2D eigenvalue weighted by Crippen LogP contribution is 2.37. The number of carbonyl (C=O) groups excluding carboxylic acids is 1. The average molecular weight is 404 g/mol. The zero-order valence-corrected chi connectivity index (χ0v) is 16.3. The largest absolute Gasteiger partial charge is 0.378 e. The molecule has 2 aromatic carbocycles. The van der Waals surface area contributed by atoms with Crippen molar-refractivity contribution in [3.05, 3.63) is 59.4 Å². The van der Waals surface area contributed by atoms with E-state index >= 15 is 0 Å². The molecule has 0 aromatic heterocycles. The second kappa shape index (κ2) is 7.18. The molecule has 4 rings (SSSR count). The van der Waals surface area contributed by atoms with E-state index in [0.717, 1.165) is 17.7 Å². The van der Waals surface area contributed by atoms with Crippen LogP contribution in [0.3, 0.4) is 0 Å². The van der Waals surface area contributed by atoms with Crippen molar-refractivity contribution in [2.75, 3.05) is 30.6 Å². The van der Waals surface area contributed by atoms with E-state index in [2.05, 4.69) is 0 Å². The zero-order chi connectivity index (χ0) is 19.9. The van der Waals surface area contributed by atoms with Crippen LogP contribution in [0.15, 0.2) is 47.4 Å². The molecule has 0 unspecified atom stereocenters. The highest BCUT2D eigenvalue weighted by atomic mass is 32.2. The number of sulfonamides is 1. The Bertz CT molecular complexity index is 1000. The Morgan fingerprint density at radius 1 is 1.11 bits per heavy atom. The fourth-order valence-electron chi connectivity index (χ4n) is 3.77. The van der Waals surface area contributed by atoms with Gasteiger partial charge in [-0.2, -0.15) is 0 Å². The fourth-order valence-corrected chi connectivity index (χ4v) is 5.46. The molecule has 2 aliphatic heterocycles. The average Bonchev–Trinajstić information content (AvgIpc) is 3.04. The predicted octanol–water partition coefficient (Wildman–Crippen LogP) is 2.44. The van der Waals surface area contributed by atoms with Crippen molar-refractivity contribution >= 4 is 21.6 Å². The number of carbonyl (C=O) groups is 1. The van der Waals surface area contributed by atoms with E-state index in [4.69, 9.17) is 4.74 Å². The molecular weight excluding hydrogens is 383 g/mol. The molecule has 2 aliphatic rings. The van der Waals surface area contributed by atoms with E-state index < -0.39 is 15.8 Å². The van der Waals surface area contributed by atoms with Crippen LogP contribution in [-0.4, -0.2) is 51.6 Å². The van der Waals surface area contributed by atoms with Crippen LogP contribution in [-0.2, 0) is 21.2 Å². The van der Waals surface area contributed by atoms with Crippen molar-refractivity contribution in [1.82, 2.24) is 4.90 Å². The first-order valence-electron chi connectivity index (χ1n) is 9.18. The SMILES string of the molecule is C[C@H]1Cc2cc(C(=O)N3CCOCC3)ccc2N1S(=O)(=O)c1ccc(F)cc1. The van der Waals surface area contributed by atoms with Gasteiger partial charge in [-0.25, -0.2) is 12.8 Å². The molecule has 0 radical (unpaired) electrons. The van der Waals surface area contributed by atoms with E-state index in [0.29, 0.717) is 44.0 Å². The summed E-state index contributed by atoms with van der Waals surface area (Å²) in [5.41, 5.74) is 1.93. The van der Waals surface area contributed by atoms with Gasteiger partial charge in [-0.05, 0) is 61.4 Å². The minimum atomic E-state index is -3.82. The van der Waals surface area contributed by atoms with Crippen molar-refractivity contribution < 1.29 is 22.3 Å². The Labute approximate surface area is 163 Å². The van der Waals surface area contributed by atoms with Crippen molar-refractivity contribution in [1.29, 1.82) is 0 Å². The van der Waals surface area contributed by atoms with Gasteiger partial charge >= 0.3 is 0 Å². The molecule has 8 heteroatoms. The maximum absolute atomic E-state index is 13.2. The highest BCUT2D eigenvalue weighted by Gasteiger charge is 2.36. The van der Waals surface area contributed by atoms with Gasteiger partial charge in [0, 0.05) is 24.7 Å².